The zero-order chi connectivity index (χ0) is 17.3. The molecule has 0 aliphatic carbocycles. The normalized spacial score (nSPS) is 12.3. The highest BCUT2D eigenvalue weighted by molar-refractivity contribution is 7.09. The molecule has 0 aliphatic heterocycles. The van der Waals surface area contributed by atoms with Crippen LogP contribution in [0.25, 0.3) is 10.9 Å². The van der Waals surface area contributed by atoms with Crippen molar-refractivity contribution in [2.45, 2.75) is 33.2 Å². The van der Waals surface area contributed by atoms with Crippen LogP contribution in [-0.4, -0.2) is 27.8 Å². The summed E-state index contributed by atoms with van der Waals surface area (Å²) in [7, 11) is 1.85. The average molecular weight is 339 g/mol. The second-order valence-corrected chi connectivity index (χ2v) is 6.93. The molecule has 2 heterocycles. The first kappa shape index (κ1) is 16.6. The first-order valence-corrected chi connectivity index (χ1v) is 8.95. The molecule has 0 unspecified atom stereocenters. The van der Waals surface area contributed by atoms with Crippen LogP contribution in [0.15, 0.2) is 36.0 Å². The number of aryl methyl sites for hydroxylation is 2. The second kappa shape index (κ2) is 6.69. The fourth-order valence-corrected chi connectivity index (χ4v) is 3.51. The summed E-state index contributed by atoms with van der Waals surface area (Å²) in [5.74, 6) is 0.0136. The van der Waals surface area contributed by atoms with E-state index in [0.29, 0.717) is 5.56 Å². The molecule has 24 heavy (non-hydrogen) atoms. The molecule has 3 aromatic rings. The number of hydrogen-bond donors (Lipinski definition) is 0. The smallest absolute Gasteiger partial charge is 0.254 e. The van der Waals surface area contributed by atoms with Gasteiger partial charge in [-0.3, -0.25) is 14.8 Å². The first-order valence-electron chi connectivity index (χ1n) is 8.07. The Morgan fingerprint density at radius 2 is 2.12 bits per heavy atom. The van der Waals surface area contributed by atoms with Gasteiger partial charge in [0.2, 0.25) is 0 Å². The number of fused-ring (bicyclic) bond motifs is 1. The van der Waals surface area contributed by atoms with Crippen LogP contribution in [-0.2, 0) is 6.42 Å². The molecule has 1 atom stereocenters. The summed E-state index contributed by atoms with van der Waals surface area (Å²) >= 11 is 1.57. The lowest BCUT2D eigenvalue weighted by molar-refractivity contribution is 0.0746. The predicted molar refractivity (Wildman–Crippen MR) is 98.5 cm³/mol. The third-order valence-corrected chi connectivity index (χ3v) is 5.35. The van der Waals surface area contributed by atoms with Crippen molar-refractivity contribution in [3.8, 4) is 0 Å². The average Bonchev–Trinajstić information content (AvgIpc) is 3.13. The van der Waals surface area contributed by atoms with Gasteiger partial charge in [0.1, 0.15) is 0 Å². The number of nitrogens with zero attached hydrogens (tertiary/aromatic N) is 3. The third-order valence-electron chi connectivity index (χ3n) is 4.40. The van der Waals surface area contributed by atoms with Crippen molar-refractivity contribution in [2.75, 3.05) is 7.05 Å². The zero-order valence-electron chi connectivity index (χ0n) is 14.4. The Hall–Kier alpha value is -2.27. The van der Waals surface area contributed by atoms with Gasteiger partial charge in [0.05, 0.1) is 22.6 Å². The Morgan fingerprint density at radius 3 is 2.79 bits per heavy atom. The van der Waals surface area contributed by atoms with Gasteiger partial charge < -0.3 is 4.90 Å². The van der Waals surface area contributed by atoms with Gasteiger partial charge >= 0.3 is 0 Å². The van der Waals surface area contributed by atoms with E-state index < -0.39 is 0 Å². The SMILES string of the molecule is CCc1ccc2nc(C)cc(C(=O)N(C)[C@H](C)c3cncs3)c2c1. The van der Waals surface area contributed by atoms with Crippen molar-refractivity contribution in [2.24, 2.45) is 0 Å². The number of rotatable bonds is 4. The van der Waals surface area contributed by atoms with Crippen LogP contribution < -0.4 is 0 Å². The van der Waals surface area contributed by atoms with Gasteiger partial charge in [-0.25, -0.2) is 0 Å². The number of amides is 1. The van der Waals surface area contributed by atoms with Crippen LogP contribution in [0.1, 0.15) is 46.4 Å². The molecule has 1 aromatic carbocycles. The van der Waals surface area contributed by atoms with Crippen molar-refractivity contribution in [1.82, 2.24) is 14.9 Å². The van der Waals surface area contributed by atoms with E-state index in [1.54, 1.807) is 21.7 Å². The highest BCUT2D eigenvalue weighted by Gasteiger charge is 2.22. The summed E-state index contributed by atoms with van der Waals surface area (Å²) in [6, 6.07) is 8.04. The molecule has 1 amide bonds. The molecular weight excluding hydrogens is 318 g/mol. The maximum Gasteiger partial charge on any atom is 0.254 e. The summed E-state index contributed by atoms with van der Waals surface area (Å²) in [4.78, 5) is 24.7. The van der Waals surface area contributed by atoms with E-state index in [9.17, 15) is 4.79 Å². The van der Waals surface area contributed by atoms with E-state index in [-0.39, 0.29) is 11.9 Å². The number of hydrogen-bond acceptors (Lipinski definition) is 4. The Morgan fingerprint density at radius 1 is 1.33 bits per heavy atom. The number of carbonyl (C=O) groups is 1. The minimum Gasteiger partial charge on any atom is -0.334 e. The van der Waals surface area contributed by atoms with Crippen LogP contribution in [0.3, 0.4) is 0 Å². The molecule has 0 fully saturated rings. The molecule has 0 N–H and O–H groups in total. The third kappa shape index (κ3) is 3.04. The molecule has 3 rings (SSSR count). The molecule has 0 spiro atoms. The van der Waals surface area contributed by atoms with Gasteiger partial charge in [-0.2, -0.15) is 0 Å². The first-order chi connectivity index (χ1) is 11.5. The lowest BCUT2D eigenvalue weighted by atomic mass is 10.0. The summed E-state index contributed by atoms with van der Waals surface area (Å²) < 4.78 is 0. The maximum atomic E-state index is 13.1. The van der Waals surface area contributed by atoms with Gasteiger partial charge in [-0.15, -0.1) is 11.3 Å². The number of thiazole rings is 1. The summed E-state index contributed by atoms with van der Waals surface area (Å²) in [6.07, 6.45) is 2.76. The Bertz CT molecular complexity index is 874. The van der Waals surface area contributed by atoms with Crippen LogP contribution >= 0.6 is 11.3 Å². The minimum absolute atomic E-state index is 0.0112. The quantitative estimate of drug-likeness (QED) is 0.708. The minimum atomic E-state index is -0.0112. The summed E-state index contributed by atoms with van der Waals surface area (Å²) in [6.45, 7) is 6.07. The Labute approximate surface area is 146 Å². The van der Waals surface area contributed by atoms with E-state index in [1.165, 1.54) is 5.56 Å². The van der Waals surface area contributed by atoms with Crippen molar-refractivity contribution >= 4 is 28.1 Å². The monoisotopic (exact) mass is 339 g/mol. The van der Waals surface area contributed by atoms with Gasteiger partial charge in [0.25, 0.3) is 5.91 Å². The van der Waals surface area contributed by atoms with E-state index in [1.807, 2.05) is 39.2 Å². The highest BCUT2D eigenvalue weighted by atomic mass is 32.1. The number of pyridine rings is 1. The fourth-order valence-electron chi connectivity index (χ4n) is 2.79. The van der Waals surface area contributed by atoms with Gasteiger partial charge in [-0.1, -0.05) is 13.0 Å². The van der Waals surface area contributed by atoms with E-state index in [4.69, 9.17) is 0 Å². The number of benzene rings is 1. The molecule has 4 nitrogen and oxygen atoms in total. The lowest BCUT2D eigenvalue weighted by Crippen LogP contribution is -2.29. The maximum absolute atomic E-state index is 13.1. The summed E-state index contributed by atoms with van der Waals surface area (Å²) in [5, 5.41) is 0.924. The predicted octanol–water partition coefficient (Wildman–Crippen LogP) is 4.40. The molecule has 0 saturated heterocycles. The Kier molecular flexibility index (Phi) is 4.62. The molecule has 5 heteroatoms. The van der Waals surface area contributed by atoms with Crippen LogP contribution in [0.2, 0.25) is 0 Å². The number of carbonyl (C=O) groups excluding carboxylic acids is 1. The van der Waals surface area contributed by atoms with Crippen LogP contribution in [0.5, 0.6) is 0 Å². The molecule has 2 aromatic heterocycles. The molecule has 0 saturated carbocycles. The molecular formula is C19H21N3OS. The molecule has 0 radical (unpaired) electrons. The largest absolute Gasteiger partial charge is 0.334 e. The Balaban J connectivity index is 2.05. The topological polar surface area (TPSA) is 46.1 Å². The summed E-state index contributed by atoms with van der Waals surface area (Å²) in [5.41, 5.74) is 5.44. The van der Waals surface area contributed by atoms with E-state index >= 15 is 0 Å². The second-order valence-electron chi connectivity index (χ2n) is 6.01. The van der Waals surface area contributed by atoms with Crippen molar-refractivity contribution < 1.29 is 4.79 Å². The highest BCUT2D eigenvalue weighted by Crippen LogP contribution is 2.27. The zero-order valence-corrected chi connectivity index (χ0v) is 15.2. The van der Waals surface area contributed by atoms with E-state index in [2.05, 4.69) is 29.0 Å². The van der Waals surface area contributed by atoms with Gasteiger partial charge in [0.15, 0.2) is 0 Å². The van der Waals surface area contributed by atoms with Gasteiger partial charge in [0, 0.05) is 29.2 Å². The molecule has 0 bridgehead atoms. The standard InChI is InChI=1S/C19H21N3OS/c1-5-14-6-7-17-15(9-14)16(8-12(2)21-17)19(23)22(4)13(3)18-10-20-11-24-18/h6-11,13H,5H2,1-4H3/t13-/m1/s1. The van der Waals surface area contributed by atoms with Crippen molar-refractivity contribution in [1.29, 1.82) is 0 Å². The van der Waals surface area contributed by atoms with E-state index in [0.717, 1.165) is 27.9 Å². The fraction of sp³-hybridized carbons (Fsp3) is 0.316. The lowest BCUT2D eigenvalue weighted by Gasteiger charge is -2.24. The van der Waals surface area contributed by atoms with Crippen molar-refractivity contribution in [3.05, 3.63) is 57.7 Å². The van der Waals surface area contributed by atoms with Crippen LogP contribution in [0, 0.1) is 6.92 Å². The van der Waals surface area contributed by atoms with Crippen molar-refractivity contribution in [3.63, 3.8) is 0 Å². The molecule has 124 valence electrons. The van der Waals surface area contributed by atoms with Crippen LogP contribution in [0.4, 0.5) is 0 Å². The number of aromatic nitrogens is 2. The molecule has 0 aliphatic rings. The van der Waals surface area contributed by atoms with Gasteiger partial charge in [-0.05, 0) is 44.0 Å².